The summed E-state index contributed by atoms with van der Waals surface area (Å²) in [6.07, 6.45) is 2.45. The highest BCUT2D eigenvalue weighted by atomic mass is 32.2. The quantitative estimate of drug-likeness (QED) is 0.781. The summed E-state index contributed by atoms with van der Waals surface area (Å²) < 4.78 is 23.4. The Morgan fingerprint density at radius 3 is 2.26 bits per heavy atom. The number of carbonyl (C=O) groups is 1. The Kier molecular flexibility index (Phi) is 3.23. The Morgan fingerprint density at radius 1 is 1.37 bits per heavy atom. The van der Waals surface area contributed by atoms with Crippen LogP contribution in [0.4, 0.5) is 0 Å². The molecule has 0 radical (unpaired) electrons. The number of rotatable bonds is 4. The Balaban J connectivity index is 2.44. The molecule has 19 heavy (non-hydrogen) atoms. The van der Waals surface area contributed by atoms with Gasteiger partial charge in [-0.3, -0.25) is 0 Å². The van der Waals surface area contributed by atoms with E-state index in [0.717, 1.165) is 23.8 Å². The lowest BCUT2D eigenvalue weighted by Crippen LogP contribution is -2.14. The van der Waals surface area contributed by atoms with E-state index in [1.54, 1.807) is 0 Å². The molecular formula is C14H15NO3S. The van der Waals surface area contributed by atoms with Crippen LogP contribution in [0.1, 0.15) is 24.0 Å². The van der Waals surface area contributed by atoms with Crippen molar-refractivity contribution in [3.63, 3.8) is 0 Å². The minimum Gasteiger partial charge on any atom is -0.302 e. The molecule has 2 rings (SSSR count). The summed E-state index contributed by atoms with van der Waals surface area (Å²) in [4.78, 5) is 11.2. The summed E-state index contributed by atoms with van der Waals surface area (Å²) in [6, 6.07) is 9.31. The number of nitrogens with zero attached hydrogens (tertiary/aromatic N) is 1. The first-order valence-corrected chi connectivity index (χ1v) is 8.01. The molecule has 0 saturated heterocycles. The minimum atomic E-state index is -3.43. The van der Waals surface area contributed by atoms with E-state index in [9.17, 15) is 18.5 Å². The van der Waals surface area contributed by atoms with Crippen LogP contribution in [-0.4, -0.2) is 26.2 Å². The van der Waals surface area contributed by atoms with Gasteiger partial charge >= 0.3 is 0 Å². The van der Waals surface area contributed by atoms with Gasteiger partial charge in [-0.15, -0.1) is 0 Å². The third kappa shape index (κ3) is 2.06. The fourth-order valence-electron chi connectivity index (χ4n) is 2.69. The molecule has 100 valence electrons. The van der Waals surface area contributed by atoms with Crippen molar-refractivity contribution in [1.82, 2.24) is 0 Å². The number of hydrogen-bond donors (Lipinski definition) is 0. The molecule has 1 aromatic carbocycles. The average molecular weight is 277 g/mol. The van der Waals surface area contributed by atoms with E-state index < -0.39 is 26.4 Å². The van der Waals surface area contributed by atoms with Gasteiger partial charge in [0.2, 0.25) is 0 Å². The monoisotopic (exact) mass is 277 g/mol. The third-order valence-corrected chi connectivity index (χ3v) is 5.36. The van der Waals surface area contributed by atoms with Gasteiger partial charge in [-0.05, 0) is 17.5 Å². The van der Waals surface area contributed by atoms with E-state index in [-0.39, 0.29) is 0 Å². The molecule has 1 aromatic rings. The molecule has 0 amide bonds. The molecular weight excluding hydrogens is 262 g/mol. The van der Waals surface area contributed by atoms with Crippen LogP contribution in [0.25, 0.3) is 0 Å². The highest BCUT2D eigenvalue weighted by Gasteiger charge is 2.71. The summed E-state index contributed by atoms with van der Waals surface area (Å²) in [5.74, 6) is -0.545. The second kappa shape index (κ2) is 4.46. The van der Waals surface area contributed by atoms with Crippen molar-refractivity contribution in [3.05, 3.63) is 35.4 Å². The normalized spacial score (nSPS) is 29.5. The lowest BCUT2D eigenvalue weighted by molar-refractivity contribution is -0.110. The molecule has 0 aromatic heterocycles. The summed E-state index contributed by atoms with van der Waals surface area (Å²) in [5.41, 5.74) is 0.455. The number of sulfone groups is 1. The van der Waals surface area contributed by atoms with Crippen LogP contribution in [0.15, 0.2) is 24.3 Å². The van der Waals surface area contributed by atoms with Crippen LogP contribution >= 0.6 is 0 Å². The zero-order valence-corrected chi connectivity index (χ0v) is 11.6. The number of aldehydes is 1. The summed E-state index contributed by atoms with van der Waals surface area (Å²) in [6.45, 7) is 2.02. The van der Waals surface area contributed by atoms with Gasteiger partial charge < -0.3 is 4.79 Å². The highest BCUT2D eigenvalue weighted by molar-refractivity contribution is 7.91. The number of nitriles is 1. The van der Waals surface area contributed by atoms with Crippen LogP contribution in [0.2, 0.25) is 0 Å². The third-order valence-electron chi connectivity index (χ3n) is 3.78. The second-order valence-electron chi connectivity index (χ2n) is 4.99. The molecule has 0 heterocycles. The fourth-order valence-corrected chi connectivity index (χ4v) is 4.45. The van der Waals surface area contributed by atoms with Crippen molar-refractivity contribution >= 4 is 16.1 Å². The first-order chi connectivity index (χ1) is 8.90. The number of carbonyl (C=O) groups excluding carboxylic acids is 1. The Hall–Kier alpha value is -1.67. The van der Waals surface area contributed by atoms with E-state index in [1.165, 1.54) is 0 Å². The molecule has 5 heteroatoms. The maximum absolute atomic E-state index is 11.7. The average Bonchev–Trinajstić information content (AvgIpc) is 3.09. The summed E-state index contributed by atoms with van der Waals surface area (Å²) in [5, 5.41) is 8.26. The molecule has 3 unspecified atom stereocenters. The van der Waals surface area contributed by atoms with Crippen molar-refractivity contribution in [2.45, 2.75) is 24.5 Å². The summed E-state index contributed by atoms with van der Waals surface area (Å²) in [7, 11) is -3.43. The topological polar surface area (TPSA) is 75.0 Å². The van der Waals surface area contributed by atoms with Crippen LogP contribution in [0, 0.1) is 16.7 Å². The summed E-state index contributed by atoms with van der Waals surface area (Å²) >= 11 is 0. The van der Waals surface area contributed by atoms with Gasteiger partial charge in [0, 0.05) is 12.2 Å². The Bertz CT molecular complexity index is 642. The predicted molar refractivity (Wildman–Crippen MR) is 71.3 cm³/mol. The first kappa shape index (κ1) is 13.8. The van der Waals surface area contributed by atoms with Crippen molar-refractivity contribution in [1.29, 1.82) is 5.26 Å². The lowest BCUT2D eigenvalue weighted by Gasteiger charge is -2.02. The van der Waals surface area contributed by atoms with Crippen LogP contribution < -0.4 is 0 Å². The van der Waals surface area contributed by atoms with E-state index >= 15 is 0 Å². The van der Waals surface area contributed by atoms with Crippen LogP contribution in [0.3, 0.4) is 0 Å². The van der Waals surface area contributed by atoms with Crippen molar-refractivity contribution in [2.24, 2.45) is 5.41 Å². The van der Waals surface area contributed by atoms with Gasteiger partial charge in [0.15, 0.2) is 9.84 Å². The van der Waals surface area contributed by atoms with E-state index in [0.29, 0.717) is 6.29 Å². The zero-order chi connectivity index (χ0) is 14.3. The second-order valence-corrected chi connectivity index (χ2v) is 7.15. The molecule has 0 N–H and O–H groups in total. The number of hydrogen-bond acceptors (Lipinski definition) is 4. The maximum Gasteiger partial charge on any atom is 0.153 e. The lowest BCUT2D eigenvalue weighted by atomic mass is 10.0. The van der Waals surface area contributed by atoms with Gasteiger partial charge in [-0.1, -0.05) is 31.2 Å². The molecule has 0 bridgehead atoms. The van der Waals surface area contributed by atoms with Gasteiger partial charge in [-0.2, -0.15) is 5.26 Å². The predicted octanol–water partition coefficient (Wildman–Crippen LogP) is 1.47. The molecule has 1 saturated carbocycles. The molecule has 1 fully saturated rings. The molecule has 1 aliphatic carbocycles. The minimum absolute atomic E-state index is 0.483. The van der Waals surface area contributed by atoms with Crippen LogP contribution in [0.5, 0.6) is 0 Å². The molecule has 4 nitrogen and oxygen atoms in total. The van der Waals surface area contributed by atoms with Crippen molar-refractivity contribution < 1.29 is 13.2 Å². The molecule has 3 atom stereocenters. The SMILES string of the molecule is CCc1ccc(C2C(S(C)(=O)=O)C2(C#N)C=O)cc1. The highest BCUT2D eigenvalue weighted by Crippen LogP contribution is 2.61. The van der Waals surface area contributed by atoms with E-state index in [1.807, 2.05) is 37.3 Å². The maximum atomic E-state index is 11.7. The fraction of sp³-hybridized carbons (Fsp3) is 0.429. The standard InChI is InChI=1S/C14H15NO3S/c1-3-10-4-6-11(7-5-10)12-13(19(2,17)18)14(12,8-15)9-16/h4-7,9,12-13H,3H2,1-2H3. The van der Waals surface area contributed by atoms with Crippen LogP contribution in [-0.2, 0) is 21.1 Å². The smallest absolute Gasteiger partial charge is 0.153 e. The van der Waals surface area contributed by atoms with Gasteiger partial charge in [0.05, 0.1) is 11.3 Å². The molecule has 0 aliphatic heterocycles. The Labute approximate surface area is 113 Å². The van der Waals surface area contributed by atoms with Gasteiger partial charge in [0.25, 0.3) is 0 Å². The van der Waals surface area contributed by atoms with E-state index in [2.05, 4.69) is 0 Å². The Morgan fingerprint density at radius 2 is 1.95 bits per heavy atom. The molecule has 0 spiro atoms. The first-order valence-electron chi connectivity index (χ1n) is 6.06. The van der Waals surface area contributed by atoms with Gasteiger partial charge in [-0.25, -0.2) is 8.42 Å². The molecule has 1 aliphatic rings. The van der Waals surface area contributed by atoms with E-state index in [4.69, 9.17) is 0 Å². The van der Waals surface area contributed by atoms with Crippen molar-refractivity contribution in [3.8, 4) is 6.07 Å². The van der Waals surface area contributed by atoms with Gasteiger partial charge in [0.1, 0.15) is 11.7 Å². The largest absolute Gasteiger partial charge is 0.302 e. The number of benzene rings is 1. The van der Waals surface area contributed by atoms with Crippen molar-refractivity contribution in [2.75, 3.05) is 6.26 Å². The number of aryl methyl sites for hydroxylation is 1. The zero-order valence-electron chi connectivity index (χ0n) is 10.8.